The average Bonchev–Trinajstić information content (AvgIpc) is 2.57. The maximum Gasteiger partial charge on any atom is 0.312 e. The predicted octanol–water partition coefficient (Wildman–Crippen LogP) is 3.14. The van der Waals surface area contributed by atoms with Crippen LogP contribution in [0.5, 0.6) is 11.5 Å². The molecule has 2 aromatic rings. The Balaban J connectivity index is 1.95. The van der Waals surface area contributed by atoms with E-state index in [0.29, 0.717) is 10.8 Å². The van der Waals surface area contributed by atoms with Gasteiger partial charge in [-0.1, -0.05) is 23.2 Å². The van der Waals surface area contributed by atoms with Crippen LogP contribution < -0.4 is 10.2 Å². The molecule has 25 heavy (non-hydrogen) atoms. The fourth-order valence-electron chi connectivity index (χ4n) is 1.73. The molecule has 1 amide bonds. The van der Waals surface area contributed by atoms with Crippen molar-refractivity contribution in [2.45, 2.75) is 0 Å². The number of phenolic OH excluding ortho intramolecular Hbond substituents is 1. The molecule has 0 saturated carbocycles. The first-order valence-corrected chi connectivity index (χ1v) is 7.49. The number of amides is 1. The Bertz CT molecular complexity index is 825. The van der Waals surface area contributed by atoms with Crippen molar-refractivity contribution in [3.05, 3.63) is 62.1 Å². The van der Waals surface area contributed by atoms with Crippen LogP contribution in [0.1, 0.15) is 5.56 Å². The van der Waals surface area contributed by atoms with E-state index in [-0.39, 0.29) is 17.2 Å². The summed E-state index contributed by atoms with van der Waals surface area (Å²) in [7, 11) is 0. The Morgan fingerprint density at radius 1 is 1.28 bits per heavy atom. The second kappa shape index (κ2) is 8.32. The van der Waals surface area contributed by atoms with Crippen LogP contribution in [-0.2, 0) is 4.79 Å². The highest BCUT2D eigenvalue weighted by Crippen LogP contribution is 2.32. The van der Waals surface area contributed by atoms with Gasteiger partial charge in [0.15, 0.2) is 6.61 Å². The number of hydrogen-bond acceptors (Lipinski definition) is 6. The molecule has 0 aliphatic carbocycles. The summed E-state index contributed by atoms with van der Waals surface area (Å²) < 4.78 is 5.21. The lowest BCUT2D eigenvalue weighted by atomic mass is 10.2. The van der Waals surface area contributed by atoms with Gasteiger partial charge < -0.3 is 9.84 Å². The molecule has 0 radical (unpaired) electrons. The van der Waals surface area contributed by atoms with E-state index in [9.17, 15) is 20.0 Å². The van der Waals surface area contributed by atoms with Gasteiger partial charge >= 0.3 is 5.69 Å². The molecule has 130 valence electrons. The van der Waals surface area contributed by atoms with E-state index in [4.69, 9.17) is 27.9 Å². The van der Waals surface area contributed by atoms with Gasteiger partial charge in [0, 0.05) is 21.7 Å². The van der Waals surface area contributed by atoms with Gasteiger partial charge in [0.2, 0.25) is 5.75 Å². The Kier molecular flexibility index (Phi) is 6.15. The number of hydrogen-bond donors (Lipinski definition) is 2. The number of carbonyl (C=O) groups excluding carboxylic acids is 1. The molecule has 0 atom stereocenters. The number of rotatable bonds is 6. The zero-order valence-electron chi connectivity index (χ0n) is 12.5. The van der Waals surface area contributed by atoms with Crippen molar-refractivity contribution < 1.29 is 19.6 Å². The molecule has 2 N–H and O–H groups in total. The number of phenols is 1. The minimum absolute atomic E-state index is 0.0156. The standard InChI is InChI=1S/C15H11Cl2N3O5/c16-10-1-3-12(4-2-10)25-8-14(21)19-18-7-9-5-11(17)6-13(15(9)22)20(23)24/h1-7,22H,8H2,(H,19,21)/b18-7+. The highest BCUT2D eigenvalue weighted by Gasteiger charge is 2.17. The van der Waals surface area contributed by atoms with Crippen molar-refractivity contribution in [3.63, 3.8) is 0 Å². The molecule has 0 aliphatic heterocycles. The second-order valence-corrected chi connectivity index (χ2v) is 5.53. The van der Waals surface area contributed by atoms with E-state index in [2.05, 4.69) is 10.5 Å². The zero-order chi connectivity index (χ0) is 18.4. The number of ether oxygens (including phenoxy) is 1. The molecule has 0 spiro atoms. The minimum Gasteiger partial charge on any atom is -0.502 e. The maximum absolute atomic E-state index is 11.6. The molecule has 0 aromatic heterocycles. The van der Waals surface area contributed by atoms with Crippen LogP contribution in [0, 0.1) is 10.1 Å². The summed E-state index contributed by atoms with van der Waals surface area (Å²) in [6, 6.07) is 8.70. The number of nitro groups is 1. The molecule has 0 saturated heterocycles. The first kappa shape index (κ1) is 18.5. The normalized spacial score (nSPS) is 10.6. The van der Waals surface area contributed by atoms with Crippen LogP contribution in [0.2, 0.25) is 10.0 Å². The number of nitro benzene ring substituents is 1. The van der Waals surface area contributed by atoms with Crippen LogP contribution >= 0.6 is 23.2 Å². The number of nitrogens with one attached hydrogen (secondary N) is 1. The number of aromatic hydroxyl groups is 1. The lowest BCUT2D eigenvalue weighted by Gasteiger charge is -2.05. The average molecular weight is 384 g/mol. The maximum atomic E-state index is 11.6. The highest BCUT2D eigenvalue weighted by atomic mass is 35.5. The van der Waals surface area contributed by atoms with Gasteiger partial charge in [-0.3, -0.25) is 14.9 Å². The van der Waals surface area contributed by atoms with Crippen molar-refractivity contribution >= 4 is 41.0 Å². The summed E-state index contributed by atoms with van der Waals surface area (Å²) in [4.78, 5) is 21.6. The molecule has 8 nitrogen and oxygen atoms in total. The van der Waals surface area contributed by atoms with Crippen LogP contribution in [0.15, 0.2) is 41.5 Å². The van der Waals surface area contributed by atoms with E-state index in [1.807, 2.05) is 0 Å². The number of halogens is 2. The predicted molar refractivity (Wildman–Crippen MR) is 92.5 cm³/mol. The largest absolute Gasteiger partial charge is 0.502 e. The summed E-state index contributed by atoms with van der Waals surface area (Å²) in [5.74, 6) is -0.723. The fourth-order valence-corrected chi connectivity index (χ4v) is 2.08. The third-order valence-electron chi connectivity index (χ3n) is 2.86. The lowest BCUT2D eigenvalue weighted by molar-refractivity contribution is -0.385. The third-order valence-corrected chi connectivity index (χ3v) is 3.33. The lowest BCUT2D eigenvalue weighted by Crippen LogP contribution is -2.24. The van der Waals surface area contributed by atoms with Gasteiger partial charge in [-0.25, -0.2) is 5.43 Å². The molecule has 0 aliphatic rings. The first-order valence-electron chi connectivity index (χ1n) is 6.74. The Labute approximate surface area is 151 Å². The van der Waals surface area contributed by atoms with Crippen LogP contribution in [0.4, 0.5) is 5.69 Å². The number of carbonyl (C=O) groups is 1. The minimum atomic E-state index is -0.781. The van der Waals surface area contributed by atoms with Crippen molar-refractivity contribution in [2.24, 2.45) is 5.10 Å². The Morgan fingerprint density at radius 3 is 2.60 bits per heavy atom. The molecule has 0 unspecified atom stereocenters. The van der Waals surface area contributed by atoms with Gasteiger partial charge in [-0.2, -0.15) is 5.10 Å². The quantitative estimate of drug-likeness (QED) is 0.451. The molecule has 0 bridgehead atoms. The monoisotopic (exact) mass is 383 g/mol. The highest BCUT2D eigenvalue weighted by molar-refractivity contribution is 6.31. The number of hydrazone groups is 1. The van der Waals surface area contributed by atoms with Crippen LogP contribution in [0.3, 0.4) is 0 Å². The molecular weight excluding hydrogens is 373 g/mol. The van der Waals surface area contributed by atoms with Gasteiger partial charge in [-0.05, 0) is 30.3 Å². The Morgan fingerprint density at radius 2 is 1.96 bits per heavy atom. The van der Waals surface area contributed by atoms with E-state index in [0.717, 1.165) is 12.3 Å². The van der Waals surface area contributed by atoms with Crippen molar-refractivity contribution in [1.82, 2.24) is 5.43 Å². The topological polar surface area (TPSA) is 114 Å². The van der Waals surface area contributed by atoms with Crippen molar-refractivity contribution in [1.29, 1.82) is 0 Å². The molecule has 10 heteroatoms. The van der Waals surface area contributed by atoms with E-state index >= 15 is 0 Å². The number of nitrogens with zero attached hydrogens (tertiary/aromatic N) is 2. The van der Waals surface area contributed by atoms with Gasteiger partial charge in [-0.15, -0.1) is 0 Å². The van der Waals surface area contributed by atoms with Crippen molar-refractivity contribution in [3.8, 4) is 11.5 Å². The smallest absolute Gasteiger partial charge is 0.312 e. The Hall–Kier alpha value is -2.84. The van der Waals surface area contributed by atoms with Crippen LogP contribution in [0.25, 0.3) is 0 Å². The van der Waals surface area contributed by atoms with Gasteiger partial charge in [0.05, 0.1) is 11.1 Å². The van der Waals surface area contributed by atoms with Gasteiger partial charge in [0.1, 0.15) is 5.75 Å². The molecule has 0 fully saturated rings. The molecule has 0 heterocycles. The SMILES string of the molecule is O=C(COc1ccc(Cl)cc1)N/N=C/c1cc(Cl)cc([N+](=O)[O-])c1O. The molecule has 2 rings (SSSR count). The van der Waals surface area contributed by atoms with Gasteiger partial charge in [0.25, 0.3) is 5.91 Å². The third kappa shape index (κ3) is 5.33. The molecule has 2 aromatic carbocycles. The van der Waals surface area contributed by atoms with E-state index < -0.39 is 22.3 Å². The first-order chi connectivity index (χ1) is 11.9. The summed E-state index contributed by atoms with van der Waals surface area (Å²) in [6.45, 7) is -0.305. The number of benzene rings is 2. The van der Waals surface area contributed by atoms with E-state index in [1.165, 1.54) is 6.07 Å². The van der Waals surface area contributed by atoms with E-state index in [1.54, 1.807) is 24.3 Å². The summed E-state index contributed by atoms with van der Waals surface area (Å²) in [5, 5.41) is 24.8. The van der Waals surface area contributed by atoms with Crippen LogP contribution in [-0.4, -0.2) is 28.8 Å². The molecular formula is C15H11Cl2N3O5. The zero-order valence-corrected chi connectivity index (χ0v) is 14.0. The fraction of sp³-hybridized carbons (Fsp3) is 0.0667. The summed E-state index contributed by atoms with van der Waals surface area (Å²) in [6.07, 6.45) is 1.04. The summed E-state index contributed by atoms with van der Waals surface area (Å²) >= 11 is 11.5. The summed E-state index contributed by atoms with van der Waals surface area (Å²) in [5.41, 5.74) is 1.58. The van der Waals surface area contributed by atoms with Crippen molar-refractivity contribution in [2.75, 3.05) is 6.61 Å². The second-order valence-electron chi connectivity index (χ2n) is 4.66.